The lowest BCUT2D eigenvalue weighted by atomic mass is 10.4. The van der Waals surface area contributed by atoms with Crippen molar-refractivity contribution >= 4 is 28.9 Å². The van der Waals surface area contributed by atoms with Gasteiger partial charge in [0.15, 0.2) is 16.3 Å². The molecule has 1 rings (SSSR count). The number of esters is 1. The lowest BCUT2D eigenvalue weighted by molar-refractivity contribution is 0.0429. The van der Waals surface area contributed by atoms with Crippen molar-refractivity contribution in [1.29, 1.82) is 5.26 Å². The maximum absolute atomic E-state index is 11.1. The molecule has 0 amide bonds. The van der Waals surface area contributed by atoms with Crippen molar-refractivity contribution in [3.05, 3.63) is 15.5 Å². The van der Waals surface area contributed by atoms with Gasteiger partial charge in [-0.2, -0.15) is 5.26 Å². The number of ether oxygens (including phenoxy) is 1. The second kappa shape index (κ2) is 4.21. The van der Waals surface area contributed by atoms with Crippen LogP contribution in [0.15, 0.2) is 5.38 Å². The van der Waals surface area contributed by atoms with E-state index in [2.05, 4.69) is 9.72 Å². The molecule has 0 aromatic carbocycles. The molecule has 0 saturated carbocycles. The Balaban J connectivity index is 2.65. The molecule has 1 heterocycles. The highest BCUT2D eigenvalue weighted by atomic mass is 35.5. The average molecular weight is 217 g/mol. The van der Waals surface area contributed by atoms with Gasteiger partial charge >= 0.3 is 5.97 Å². The molecule has 4 nitrogen and oxygen atoms in total. The summed E-state index contributed by atoms with van der Waals surface area (Å²) in [4.78, 5) is 14.8. The number of nitrogens with zero attached hydrogens (tertiary/aromatic N) is 2. The number of halogens is 1. The molecule has 6 heteroatoms. The van der Waals surface area contributed by atoms with Gasteiger partial charge in [0.1, 0.15) is 6.07 Å². The molecule has 0 aliphatic heterocycles. The van der Waals surface area contributed by atoms with E-state index in [1.807, 2.05) is 0 Å². The van der Waals surface area contributed by atoms with E-state index in [4.69, 9.17) is 16.9 Å². The van der Waals surface area contributed by atoms with Crippen molar-refractivity contribution in [3.63, 3.8) is 0 Å². The predicted octanol–water partition coefficient (Wildman–Crippen LogP) is 1.87. The topological polar surface area (TPSA) is 63.0 Å². The zero-order valence-electron chi connectivity index (χ0n) is 6.65. The minimum absolute atomic E-state index is 0.136. The van der Waals surface area contributed by atoms with Crippen LogP contribution in [-0.2, 0) is 4.74 Å². The summed E-state index contributed by atoms with van der Waals surface area (Å²) in [6.07, 6.45) is -0.770. The van der Waals surface area contributed by atoms with Gasteiger partial charge < -0.3 is 4.74 Å². The lowest BCUT2D eigenvalue weighted by Crippen LogP contribution is -2.13. The van der Waals surface area contributed by atoms with E-state index in [0.29, 0.717) is 0 Å². The molecule has 13 heavy (non-hydrogen) atoms. The van der Waals surface area contributed by atoms with Crippen molar-refractivity contribution < 1.29 is 9.53 Å². The summed E-state index contributed by atoms with van der Waals surface area (Å²) in [7, 11) is 0. The second-order valence-electron chi connectivity index (χ2n) is 2.16. The molecule has 0 saturated heterocycles. The summed E-state index contributed by atoms with van der Waals surface area (Å²) in [5, 5.41) is 9.85. The summed E-state index contributed by atoms with van der Waals surface area (Å²) in [5.74, 6) is -0.628. The molecule has 0 spiro atoms. The van der Waals surface area contributed by atoms with Crippen LogP contribution in [0.25, 0.3) is 0 Å². The normalized spacial score (nSPS) is 11.8. The SMILES string of the molecule is CC(C#N)OC(=O)c1csc(Cl)n1. The van der Waals surface area contributed by atoms with Gasteiger partial charge in [-0.3, -0.25) is 0 Å². The van der Waals surface area contributed by atoms with Crippen molar-refractivity contribution in [2.45, 2.75) is 13.0 Å². The Hall–Kier alpha value is -1.12. The third-order valence-corrected chi connectivity index (χ3v) is 2.13. The van der Waals surface area contributed by atoms with Crippen molar-refractivity contribution in [1.82, 2.24) is 4.98 Å². The van der Waals surface area contributed by atoms with Gasteiger partial charge in [-0.05, 0) is 6.92 Å². The van der Waals surface area contributed by atoms with Crippen LogP contribution >= 0.6 is 22.9 Å². The first-order valence-corrected chi connectivity index (χ1v) is 4.61. The van der Waals surface area contributed by atoms with E-state index < -0.39 is 12.1 Å². The van der Waals surface area contributed by atoms with Crippen molar-refractivity contribution in [2.75, 3.05) is 0 Å². The third kappa shape index (κ3) is 2.68. The van der Waals surface area contributed by atoms with Gasteiger partial charge in [0.25, 0.3) is 0 Å². The van der Waals surface area contributed by atoms with Gasteiger partial charge in [-0.25, -0.2) is 9.78 Å². The molecule has 0 radical (unpaired) electrons. The molecular weight excluding hydrogens is 212 g/mol. The van der Waals surface area contributed by atoms with Crippen molar-refractivity contribution in [3.8, 4) is 6.07 Å². The Morgan fingerprint density at radius 2 is 2.62 bits per heavy atom. The summed E-state index contributed by atoms with van der Waals surface area (Å²) < 4.78 is 4.96. The Kier molecular flexibility index (Phi) is 3.23. The number of carbonyl (C=O) groups excluding carboxylic acids is 1. The van der Waals surface area contributed by atoms with E-state index in [9.17, 15) is 4.79 Å². The molecule has 1 unspecified atom stereocenters. The fourth-order valence-electron chi connectivity index (χ4n) is 0.593. The van der Waals surface area contributed by atoms with Crippen LogP contribution in [0, 0.1) is 11.3 Å². The number of hydrogen-bond acceptors (Lipinski definition) is 5. The van der Waals surface area contributed by atoms with E-state index in [1.165, 1.54) is 12.3 Å². The predicted molar refractivity (Wildman–Crippen MR) is 47.6 cm³/mol. The molecule has 0 aliphatic carbocycles. The highest BCUT2D eigenvalue weighted by Crippen LogP contribution is 2.15. The molecule has 0 fully saturated rings. The van der Waals surface area contributed by atoms with Crippen LogP contribution in [0.1, 0.15) is 17.4 Å². The van der Waals surface area contributed by atoms with Gasteiger partial charge in [0.05, 0.1) is 0 Å². The summed E-state index contributed by atoms with van der Waals surface area (Å²) in [6.45, 7) is 1.48. The first-order chi connectivity index (χ1) is 6.13. The molecular formula is C7H5ClN2O2S. The summed E-state index contributed by atoms with van der Waals surface area (Å²) >= 11 is 6.65. The van der Waals surface area contributed by atoms with Gasteiger partial charge in [-0.15, -0.1) is 11.3 Å². The zero-order valence-corrected chi connectivity index (χ0v) is 8.22. The molecule has 0 aliphatic rings. The average Bonchev–Trinajstić information content (AvgIpc) is 2.51. The van der Waals surface area contributed by atoms with E-state index in [1.54, 1.807) is 6.07 Å². The zero-order chi connectivity index (χ0) is 9.84. The fraction of sp³-hybridized carbons (Fsp3) is 0.286. The van der Waals surface area contributed by atoms with Crippen LogP contribution in [-0.4, -0.2) is 17.1 Å². The van der Waals surface area contributed by atoms with E-state index in [0.717, 1.165) is 11.3 Å². The third-order valence-electron chi connectivity index (χ3n) is 1.15. The van der Waals surface area contributed by atoms with Crippen LogP contribution in [0.4, 0.5) is 0 Å². The molecule has 68 valence electrons. The van der Waals surface area contributed by atoms with E-state index in [-0.39, 0.29) is 10.2 Å². The Morgan fingerprint density at radius 1 is 1.92 bits per heavy atom. The maximum atomic E-state index is 11.1. The number of aromatic nitrogens is 1. The quantitative estimate of drug-likeness (QED) is 0.708. The standard InChI is InChI=1S/C7H5ClN2O2S/c1-4(2-9)12-6(11)5-3-13-7(8)10-5/h3-4H,1H3. The molecule has 0 bridgehead atoms. The number of thiazole rings is 1. The number of carbonyl (C=O) groups is 1. The highest BCUT2D eigenvalue weighted by molar-refractivity contribution is 7.14. The van der Waals surface area contributed by atoms with Crippen molar-refractivity contribution in [2.24, 2.45) is 0 Å². The first-order valence-electron chi connectivity index (χ1n) is 3.35. The molecule has 1 aromatic heterocycles. The summed E-state index contributed by atoms with van der Waals surface area (Å²) in [6, 6.07) is 1.77. The molecule has 1 atom stereocenters. The Morgan fingerprint density at radius 3 is 3.08 bits per heavy atom. The van der Waals surface area contributed by atoms with Crippen LogP contribution < -0.4 is 0 Å². The monoisotopic (exact) mass is 216 g/mol. The maximum Gasteiger partial charge on any atom is 0.359 e. The Labute approximate surface area is 83.7 Å². The number of nitriles is 1. The first kappa shape index (κ1) is 9.96. The summed E-state index contributed by atoms with van der Waals surface area (Å²) in [5.41, 5.74) is 0.136. The minimum Gasteiger partial charge on any atom is -0.442 e. The second-order valence-corrected chi connectivity index (χ2v) is 3.60. The highest BCUT2D eigenvalue weighted by Gasteiger charge is 2.14. The van der Waals surface area contributed by atoms with Gasteiger partial charge in [0, 0.05) is 5.38 Å². The smallest absolute Gasteiger partial charge is 0.359 e. The Bertz CT molecular complexity index is 358. The van der Waals surface area contributed by atoms with Crippen LogP contribution in [0.2, 0.25) is 4.47 Å². The van der Waals surface area contributed by atoms with Crippen LogP contribution in [0.3, 0.4) is 0 Å². The molecule has 1 aromatic rings. The number of rotatable bonds is 2. The largest absolute Gasteiger partial charge is 0.442 e. The molecule has 0 N–H and O–H groups in total. The lowest BCUT2D eigenvalue weighted by Gasteiger charge is -2.02. The van der Waals surface area contributed by atoms with Crippen LogP contribution in [0.5, 0.6) is 0 Å². The minimum atomic E-state index is -0.770. The van der Waals surface area contributed by atoms with Gasteiger partial charge in [-0.1, -0.05) is 11.6 Å². The number of hydrogen-bond donors (Lipinski definition) is 0. The fourth-order valence-corrected chi connectivity index (χ4v) is 1.33. The van der Waals surface area contributed by atoms with Gasteiger partial charge in [0.2, 0.25) is 0 Å². The van der Waals surface area contributed by atoms with E-state index >= 15 is 0 Å².